The first-order chi connectivity index (χ1) is 8.93. The van der Waals surface area contributed by atoms with Crippen LogP contribution < -0.4 is 10.6 Å². The van der Waals surface area contributed by atoms with Crippen LogP contribution in [0.5, 0.6) is 0 Å². The maximum absolute atomic E-state index is 11.5. The van der Waals surface area contributed by atoms with E-state index in [0.29, 0.717) is 4.47 Å². The molecule has 0 atom stereocenters. The standard InChI is InChI=1S/C11H11BrN2O5/c1-19-9(15)5-13-11(18)14-8-4-6(12)2-3-7(8)10(16)17/h2-4H,5H2,1H3,(H,16,17)(H2,13,14,18). The first-order valence-corrected chi connectivity index (χ1v) is 5.88. The average molecular weight is 331 g/mol. The number of nitrogens with one attached hydrogen (secondary N) is 2. The number of carbonyl (C=O) groups excluding carboxylic acids is 2. The second-order valence-corrected chi connectivity index (χ2v) is 4.29. The van der Waals surface area contributed by atoms with Crippen molar-refractivity contribution >= 4 is 39.6 Å². The number of hydrogen-bond donors (Lipinski definition) is 3. The monoisotopic (exact) mass is 330 g/mol. The molecule has 1 rings (SSSR count). The van der Waals surface area contributed by atoms with Gasteiger partial charge in [-0.15, -0.1) is 0 Å². The Morgan fingerprint density at radius 2 is 2.05 bits per heavy atom. The van der Waals surface area contributed by atoms with E-state index < -0.39 is 18.0 Å². The average Bonchev–Trinajstić information content (AvgIpc) is 2.35. The Bertz CT molecular complexity index is 518. The Morgan fingerprint density at radius 1 is 1.37 bits per heavy atom. The number of rotatable bonds is 4. The van der Waals surface area contributed by atoms with Gasteiger partial charge in [0.25, 0.3) is 0 Å². The molecule has 3 N–H and O–H groups in total. The van der Waals surface area contributed by atoms with Gasteiger partial charge in [0.1, 0.15) is 6.54 Å². The van der Waals surface area contributed by atoms with Crippen molar-refractivity contribution in [3.05, 3.63) is 28.2 Å². The quantitative estimate of drug-likeness (QED) is 0.724. The van der Waals surface area contributed by atoms with Crippen LogP contribution in [0.25, 0.3) is 0 Å². The molecule has 0 radical (unpaired) electrons. The third kappa shape index (κ3) is 4.59. The molecule has 0 spiro atoms. The van der Waals surface area contributed by atoms with Crippen molar-refractivity contribution < 1.29 is 24.2 Å². The molecule has 0 aliphatic rings. The van der Waals surface area contributed by atoms with E-state index >= 15 is 0 Å². The molecule has 8 heteroatoms. The fourth-order valence-corrected chi connectivity index (χ4v) is 1.56. The second-order valence-electron chi connectivity index (χ2n) is 3.38. The van der Waals surface area contributed by atoms with Crippen LogP contribution in [0.15, 0.2) is 22.7 Å². The van der Waals surface area contributed by atoms with E-state index in [4.69, 9.17) is 5.11 Å². The van der Waals surface area contributed by atoms with Crippen molar-refractivity contribution in [1.29, 1.82) is 0 Å². The van der Waals surface area contributed by atoms with Gasteiger partial charge in [0.05, 0.1) is 18.4 Å². The van der Waals surface area contributed by atoms with Gasteiger partial charge < -0.3 is 20.5 Å². The molecule has 102 valence electrons. The smallest absolute Gasteiger partial charge is 0.337 e. The zero-order valence-electron chi connectivity index (χ0n) is 9.90. The summed E-state index contributed by atoms with van der Waals surface area (Å²) in [6.07, 6.45) is 0. The van der Waals surface area contributed by atoms with Crippen molar-refractivity contribution in [3.8, 4) is 0 Å². The number of carbonyl (C=O) groups is 3. The lowest BCUT2D eigenvalue weighted by Crippen LogP contribution is -2.34. The van der Waals surface area contributed by atoms with E-state index in [1.54, 1.807) is 6.07 Å². The number of benzene rings is 1. The van der Waals surface area contributed by atoms with Crippen LogP contribution >= 0.6 is 15.9 Å². The molecule has 1 aromatic carbocycles. The van der Waals surface area contributed by atoms with Gasteiger partial charge in [-0.3, -0.25) is 4.79 Å². The first kappa shape index (κ1) is 15.0. The van der Waals surface area contributed by atoms with E-state index in [-0.39, 0.29) is 17.8 Å². The number of esters is 1. The summed E-state index contributed by atoms with van der Waals surface area (Å²) in [4.78, 5) is 33.3. The van der Waals surface area contributed by atoms with Gasteiger partial charge in [-0.2, -0.15) is 0 Å². The van der Waals surface area contributed by atoms with Crippen LogP contribution in [0.1, 0.15) is 10.4 Å². The van der Waals surface area contributed by atoms with Crippen molar-refractivity contribution in [2.45, 2.75) is 0 Å². The van der Waals surface area contributed by atoms with Crippen LogP contribution in [0, 0.1) is 0 Å². The lowest BCUT2D eigenvalue weighted by Gasteiger charge is -2.09. The summed E-state index contributed by atoms with van der Waals surface area (Å²) in [5.74, 6) is -1.78. The maximum Gasteiger partial charge on any atom is 0.337 e. The van der Waals surface area contributed by atoms with Gasteiger partial charge in [0, 0.05) is 4.47 Å². The van der Waals surface area contributed by atoms with E-state index in [0.717, 1.165) is 0 Å². The number of ether oxygens (including phenoxy) is 1. The topological polar surface area (TPSA) is 105 Å². The Labute approximate surface area is 117 Å². The zero-order chi connectivity index (χ0) is 14.4. The highest BCUT2D eigenvalue weighted by Crippen LogP contribution is 2.21. The Kier molecular flexibility index (Phi) is 5.31. The molecule has 0 saturated heterocycles. The summed E-state index contributed by atoms with van der Waals surface area (Å²) in [5, 5.41) is 13.5. The van der Waals surface area contributed by atoms with Crippen molar-refractivity contribution in [3.63, 3.8) is 0 Å². The molecule has 19 heavy (non-hydrogen) atoms. The number of hydrogen-bond acceptors (Lipinski definition) is 4. The summed E-state index contributed by atoms with van der Waals surface area (Å²) >= 11 is 3.17. The lowest BCUT2D eigenvalue weighted by molar-refractivity contribution is -0.139. The minimum atomic E-state index is -1.17. The fraction of sp³-hybridized carbons (Fsp3) is 0.182. The number of carboxylic acid groups (broad SMARTS) is 1. The lowest BCUT2D eigenvalue weighted by atomic mass is 10.2. The van der Waals surface area contributed by atoms with Gasteiger partial charge in [-0.25, -0.2) is 9.59 Å². The molecular formula is C11H11BrN2O5. The Morgan fingerprint density at radius 3 is 2.63 bits per heavy atom. The largest absolute Gasteiger partial charge is 0.478 e. The molecule has 0 aromatic heterocycles. The molecule has 0 aliphatic heterocycles. The molecule has 0 saturated carbocycles. The predicted octanol–water partition coefficient (Wildman–Crippen LogP) is 1.44. The number of halogens is 1. The number of aromatic carboxylic acids is 1. The number of anilines is 1. The summed E-state index contributed by atoms with van der Waals surface area (Å²) in [5.41, 5.74) is 0.0562. The second kappa shape index (κ2) is 6.74. The summed E-state index contributed by atoms with van der Waals surface area (Å²) in [6.45, 7) is -0.307. The maximum atomic E-state index is 11.5. The zero-order valence-corrected chi connectivity index (χ0v) is 11.5. The number of amides is 2. The number of urea groups is 1. The summed E-state index contributed by atoms with van der Waals surface area (Å²) in [7, 11) is 1.19. The van der Waals surface area contributed by atoms with E-state index in [1.165, 1.54) is 19.2 Å². The van der Waals surface area contributed by atoms with Crippen molar-refractivity contribution in [2.75, 3.05) is 19.0 Å². The molecule has 2 amide bonds. The SMILES string of the molecule is COC(=O)CNC(=O)Nc1cc(Br)ccc1C(=O)O. The van der Waals surface area contributed by atoms with Crippen LogP contribution in [0.3, 0.4) is 0 Å². The molecule has 1 aromatic rings. The van der Waals surface area contributed by atoms with Gasteiger partial charge >= 0.3 is 18.0 Å². The fourth-order valence-electron chi connectivity index (χ4n) is 1.20. The normalized spacial score (nSPS) is 9.58. The molecule has 0 heterocycles. The third-order valence-electron chi connectivity index (χ3n) is 2.08. The molecule has 0 bridgehead atoms. The van der Waals surface area contributed by atoms with Gasteiger partial charge in [-0.1, -0.05) is 15.9 Å². The highest BCUT2D eigenvalue weighted by molar-refractivity contribution is 9.10. The van der Waals surface area contributed by atoms with Crippen LogP contribution in [-0.4, -0.2) is 36.7 Å². The predicted molar refractivity (Wildman–Crippen MR) is 70.1 cm³/mol. The van der Waals surface area contributed by atoms with E-state index in [1.807, 2.05) is 0 Å². The number of carboxylic acids is 1. The summed E-state index contributed by atoms with van der Waals surface area (Å²) < 4.78 is 4.96. The van der Waals surface area contributed by atoms with E-state index in [9.17, 15) is 14.4 Å². The molecule has 0 fully saturated rings. The third-order valence-corrected chi connectivity index (χ3v) is 2.57. The molecule has 0 unspecified atom stereocenters. The molecule has 7 nitrogen and oxygen atoms in total. The highest BCUT2D eigenvalue weighted by atomic mass is 79.9. The van der Waals surface area contributed by atoms with E-state index in [2.05, 4.69) is 31.3 Å². The van der Waals surface area contributed by atoms with Gasteiger partial charge in [0.15, 0.2) is 0 Å². The minimum absolute atomic E-state index is 0.0589. The highest BCUT2D eigenvalue weighted by Gasteiger charge is 2.13. The van der Waals surface area contributed by atoms with Crippen LogP contribution in [0.2, 0.25) is 0 Å². The van der Waals surface area contributed by atoms with Gasteiger partial charge in [0.2, 0.25) is 0 Å². The van der Waals surface area contributed by atoms with Crippen LogP contribution in [-0.2, 0) is 9.53 Å². The molecule has 0 aliphatic carbocycles. The van der Waals surface area contributed by atoms with Gasteiger partial charge in [-0.05, 0) is 18.2 Å². The van der Waals surface area contributed by atoms with Crippen molar-refractivity contribution in [2.24, 2.45) is 0 Å². The Hall–Kier alpha value is -2.09. The Balaban J connectivity index is 2.75. The first-order valence-electron chi connectivity index (χ1n) is 5.08. The van der Waals surface area contributed by atoms with Crippen molar-refractivity contribution in [1.82, 2.24) is 5.32 Å². The summed E-state index contributed by atoms with van der Waals surface area (Å²) in [6, 6.07) is 3.64. The number of methoxy groups -OCH3 is 1. The van der Waals surface area contributed by atoms with Crippen LogP contribution in [0.4, 0.5) is 10.5 Å². The molecular weight excluding hydrogens is 320 g/mol. The minimum Gasteiger partial charge on any atom is -0.478 e.